The highest BCUT2D eigenvalue weighted by Crippen LogP contribution is 2.44. The Labute approximate surface area is 173 Å². The SMILES string of the molecule is CCCCCCCCC(CCC1(CC)COC1)C(OC)(OC)c1ccccc1. The van der Waals surface area contributed by atoms with E-state index in [1.807, 2.05) is 0 Å². The molecule has 3 heteroatoms. The number of unbranched alkanes of at least 4 members (excludes halogenated alkanes) is 5. The van der Waals surface area contributed by atoms with E-state index in [9.17, 15) is 0 Å². The van der Waals surface area contributed by atoms with Gasteiger partial charge in [-0.3, -0.25) is 0 Å². The van der Waals surface area contributed by atoms with Crippen molar-refractivity contribution < 1.29 is 14.2 Å². The van der Waals surface area contributed by atoms with Crippen LogP contribution < -0.4 is 0 Å². The standard InChI is InChI=1S/C25H42O3/c1-5-7-8-9-10-12-17-23(18-19-24(6-2)20-28-21-24)25(26-3,27-4)22-15-13-11-14-16-22/h11,13-16,23H,5-10,12,17-21H2,1-4H3. The van der Waals surface area contributed by atoms with E-state index >= 15 is 0 Å². The predicted molar refractivity (Wildman–Crippen MR) is 116 cm³/mol. The highest BCUT2D eigenvalue weighted by Gasteiger charge is 2.43. The van der Waals surface area contributed by atoms with Gasteiger partial charge in [0.1, 0.15) is 0 Å². The summed E-state index contributed by atoms with van der Waals surface area (Å²) >= 11 is 0. The minimum absolute atomic E-state index is 0.347. The first-order valence-corrected chi connectivity index (χ1v) is 11.4. The molecule has 0 spiro atoms. The third-order valence-electron chi connectivity index (χ3n) is 6.82. The van der Waals surface area contributed by atoms with E-state index in [4.69, 9.17) is 14.2 Å². The summed E-state index contributed by atoms with van der Waals surface area (Å²) in [5, 5.41) is 0. The Morgan fingerprint density at radius 3 is 2.11 bits per heavy atom. The van der Waals surface area contributed by atoms with Gasteiger partial charge in [-0.25, -0.2) is 0 Å². The molecule has 3 nitrogen and oxygen atoms in total. The largest absolute Gasteiger partial charge is 0.380 e. The molecule has 1 aromatic carbocycles. The molecular formula is C25H42O3. The van der Waals surface area contributed by atoms with Crippen molar-refractivity contribution in [1.29, 1.82) is 0 Å². The third-order valence-corrected chi connectivity index (χ3v) is 6.82. The van der Waals surface area contributed by atoms with Gasteiger partial charge in [0.2, 0.25) is 0 Å². The van der Waals surface area contributed by atoms with Gasteiger partial charge in [-0.15, -0.1) is 0 Å². The minimum Gasteiger partial charge on any atom is -0.380 e. The summed E-state index contributed by atoms with van der Waals surface area (Å²) in [7, 11) is 3.60. The third kappa shape index (κ3) is 5.81. The Kier molecular flexibility index (Phi) is 9.98. The molecule has 0 N–H and O–H groups in total. The quantitative estimate of drug-likeness (QED) is 0.246. The van der Waals surface area contributed by atoms with Gasteiger partial charge < -0.3 is 14.2 Å². The van der Waals surface area contributed by atoms with Crippen molar-refractivity contribution in [2.45, 2.75) is 83.8 Å². The summed E-state index contributed by atoms with van der Waals surface area (Å²) < 4.78 is 17.8. The van der Waals surface area contributed by atoms with Crippen molar-refractivity contribution in [2.75, 3.05) is 27.4 Å². The number of rotatable bonds is 15. The van der Waals surface area contributed by atoms with Crippen LogP contribution in [0.25, 0.3) is 0 Å². The van der Waals surface area contributed by atoms with Gasteiger partial charge in [0.05, 0.1) is 13.2 Å². The van der Waals surface area contributed by atoms with Crippen molar-refractivity contribution >= 4 is 0 Å². The van der Waals surface area contributed by atoms with Gasteiger partial charge >= 0.3 is 0 Å². The summed E-state index contributed by atoms with van der Waals surface area (Å²) in [6, 6.07) is 10.5. The zero-order valence-electron chi connectivity index (χ0n) is 18.7. The van der Waals surface area contributed by atoms with Crippen molar-refractivity contribution in [1.82, 2.24) is 0 Å². The molecule has 1 unspecified atom stereocenters. The normalized spacial score (nSPS) is 17.3. The maximum absolute atomic E-state index is 6.13. The molecule has 0 bridgehead atoms. The fourth-order valence-electron chi connectivity index (χ4n) is 4.65. The summed E-state index contributed by atoms with van der Waals surface area (Å²) in [4.78, 5) is 0. The van der Waals surface area contributed by atoms with Crippen molar-refractivity contribution in [3.63, 3.8) is 0 Å². The summed E-state index contributed by atoms with van der Waals surface area (Å²) in [5.41, 5.74) is 1.50. The van der Waals surface area contributed by atoms with Crippen LogP contribution >= 0.6 is 0 Å². The molecule has 1 aliphatic heterocycles. The van der Waals surface area contributed by atoms with Crippen LogP contribution in [0.2, 0.25) is 0 Å². The highest BCUT2D eigenvalue weighted by atomic mass is 16.7. The van der Waals surface area contributed by atoms with Crippen LogP contribution in [0.4, 0.5) is 0 Å². The topological polar surface area (TPSA) is 27.7 Å². The summed E-state index contributed by atoms with van der Waals surface area (Å²) in [6.07, 6.45) is 12.5. The van der Waals surface area contributed by atoms with Crippen LogP contribution in [-0.2, 0) is 20.0 Å². The monoisotopic (exact) mass is 390 g/mol. The number of benzene rings is 1. The van der Waals surface area contributed by atoms with E-state index in [1.165, 1.54) is 51.4 Å². The fourth-order valence-corrected chi connectivity index (χ4v) is 4.65. The molecule has 160 valence electrons. The van der Waals surface area contributed by atoms with E-state index in [0.29, 0.717) is 11.3 Å². The number of hydrogen-bond donors (Lipinski definition) is 0. The van der Waals surface area contributed by atoms with Crippen LogP contribution in [0.5, 0.6) is 0 Å². The summed E-state index contributed by atoms with van der Waals surface area (Å²) in [6.45, 7) is 6.38. The van der Waals surface area contributed by atoms with Gasteiger partial charge in [0, 0.05) is 31.1 Å². The molecule has 0 saturated carbocycles. The lowest BCUT2D eigenvalue weighted by atomic mass is 9.74. The van der Waals surface area contributed by atoms with Gasteiger partial charge in [-0.2, -0.15) is 0 Å². The first-order valence-electron chi connectivity index (χ1n) is 11.4. The molecule has 1 aromatic rings. The molecular weight excluding hydrogens is 348 g/mol. The van der Waals surface area contributed by atoms with E-state index in [1.54, 1.807) is 14.2 Å². The molecule has 1 saturated heterocycles. The Hall–Kier alpha value is -0.900. The van der Waals surface area contributed by atoms with E-state index in [0.717, 1.165) is 31.6 Å². The lowest BCUT2D eigenvalue weighted by Gasteiger charge is -2.44. The Bertz CT molecular complexity index is 514. The van der Waals surface area contributed by atoms with Crippen molar-refractivity contribution in [3.8, 4) is 0 Å². The van der Waals surface area contributed by atoms with E-state index in [-0.39, 0.29) is 0 Å². The molecule has 0 amide bonds. The first kappa shape index (κ1) is 23.4. The Morgan fingerprint density at radius 2 is 1.57 bits per heavy atom. The smallest absolute Gasteiger partial charge is 0.197 e. The number of hydrogen-bond acceptors (Lipinski definition) is 3. The van der Waals surface area contributed by atoms with Crippen molar-refractivity contribution in [2.24, 2.45) is 11.3 Å². The average Bonchev–Trinajstić information content (AvgIpc) is 2.71. The zero-order chi connectivity index (χ0) is 20.3. The summed E-state index contributed by atoms with van der Waals surface area (Å²) in [5.74, 6) is -0.315. The number of methoxy groups -OCH3 is 2. The van der Waals surface area contributed by atoms with Gasteiger partial charge in [-0.05, 0) is 25.7 Å². The highest BCUT2D eigenvalue weighted by molar-refractivity contribution is 5.21. The lowest BCUT2D eigenvalue weighted by Crippen LogP contribution is -2.44. The molecule has 28 heavy (non-hydrogen) atoms. The molecule has 1 aliphatic rings. The Morgan fingerprint density at radius 1 is 0.929 bits per heavy atom. The second kappa shape index (κ2) is 11.9. The van der Waals surface area contributed by atoms with Gasteiger partial charge in [-0.1, -0.05) is 82.7 Å². The maximum atomic E-state index is 6.13. The Balaban J connectivity index is 2.09. The van der Waals surface area contributed by atoms with Crippen LogP contribution in [0.15, 0.2) is 30.3 Å². The molecule has 2 rings (SSSR count). The van der Waals surface area contributed by atoms with Crippen LogP contribution in [0.1, 0.15) is 83.6 Å². The van der Waals surface area contributed by atoms with E-state index < -0.39 is 5.79 Å². The van der Waals surface area contributed by atoms with Crippen molar-refractivity contribution in [3.05, 3.63) is 35.9 Å². The van der Waals surface area contributed by atoms with Gasteiger partial charge in [0.25, 0.3) is 0 Å². The molecule has 0 radical (unpaired) electrons. The zero-order valence-corrected chi connectivity index (χ0v) is 18.7. The van der Waals surface area contributed by atoms with Crippen LogP contribution in [0.3, 0.4) is 0 Å². The molecule has 0 aromatic heterocycles. The van der Waals surface area contributed by atoms with Gasteiger partial charge in [0.15, 0.2) is 5.79 Å². The second-order valence-corrected chi connectivity index (χ2v) is 8.58. The van der Waals surface area contributed by atoms with Crippen LogP contribution in [-0.4, -0.2) is 27.4 Å². The molecule has 1 heterocycles. The fraction of sp³-hybridized carbons (Fsp3) is 0.760. The van der Waals surface area contributed by atoms with E-state index in [2.05, 4.69) is 44.2 Å². The first-order chi connectivity index (χ1) is 13.7. The minimum atomic E-state index is -0.662. The second-order valence-electron chi connectivity index (χ2n) is 8.58. The number of ether oxygens (including phenoxy) is 3. The lowest BCUT2D eigenvalue weighted by molar-refractivity contribution is -0.256. The molecule has 1 fully saturated rings. The molecule has 0 aliphatic carbocycles. The maximum Gasteiger partial charge on any atom is 0.197 e. The molecule has 1 atom stereocenters. The average molecular weight is 391 g/mol. The van der Waals surface area contributed by atoms with Crippen LogP contribution in [0, 0.1) is 11.3 Å². The predicted octanol–water partition coefficient (Wildman–Crippen LogP) is 6.71.